The molecule has 0 heterocycles. The number of non-ortho nitro benzene ring substituents is 1. The minimum Gasteiger partial charge on any atom is -0.494 e. The fraction of sp³-hybridized carbons (Fsp3) is 0.435. The van der Waals surface area contributed by atoms with Gasteiger partial charge in [-0.15, -0.1) is 0 Å². The molecule has 2 aromatic rings. The number of aryl methyl sites for hydroxylation is 1. The second kappa shape index (κ2) is 11.1. The van der Waals surface area contributed by atoms with E-state index in [0.717, 1.165) is 22.2 Å². The van der Waals surface area contributed by atoms with Crippen LogP contribution in [0.15, 0.2) is 46.9 Å². The van der Waals surface area contributed by atoms with E-state index in [1.807, 2.05) is 45.9 Å². The summed E-state index contributed by atoms with van der Waals surface area (Å²) in [4.78, 5) is 24.8. The van der Waals surface area contributed by atoms with Gasteiger partial charge in [-0.3, -0.25) is 10.1 Å². The average molecular weight is 493 g/mol. The fourth-order valence-electron chi connectivity index (χ4n) is 2.81. The molecule has 0 N–H and O–H groups in total. The molecule has 7 nitrogen and oxygen atoms in total. The molecule has 0 bridgehead atoms. The molecule has 0 radical (unpaired) electrons. The zero-order chi connectivity index (χ0) is 23.0. The topological polar surface area (TPSA) is 81.9 Å². The predicted octanol–water partition coefficient (Wildman–Crippen LogP) is 6.26. The van der Waals surface area contributed by atoms with Crippen molar-refractivity contribution in [1.82, 2.24) is 4.90 Å². The Balaban J connectivity index is 1.95. The summed E-state index contributed by atoms with van der Waals surface area (Å²) in [5, 5.41) is 11.0. The van der Waals surface area contributed by atoms with E-state index in [2.05, 4.69) is 15.9 Å². The first-order chi connectivity index (χ1) is 14.5. The van der Waals surface area contributed by atoms with Crippen LogP contribution in [0.2, 0.25) is 0 Å². The number of carbonyl (C=O) groups is 1. The van der Waals surface area contributed by atoms with Crippen LogP contribution in [-0.4, -0.2) is 34.7 Å². The zero-order valence-corrected chi connectivity index (χ0v) is 20.0. The molecule has 168 valence electrons. The van der Waals surface area contributed by atoms with Crippen LogP contribution in [0.25, 0.3) is 0 Å². The van der Waals surface area contributed by atoms with E-state index < -0.39 is 16.6 Å². The van der Waals surface area contributed by atoms with Crippen LogP contribution in [0.4, 0.5) is 10.5 Å². The smallest absolute Gasteiger partial charge is 0.410 e. The van der Waals surface area contributed by atoms with Crippen molar-refractivity contribution in [3.63, 3.8) is 0 Å². The van der Waals surface area contributed by atoms with Crippen LogP contribution in [0.5, 0.6) is 5.75 Å². The van der Waals surface area contributed by atoms with E-state index in [0.29, 0.717) is 25.1 Å². The fourth-order valence-corrected chi connectivity index (χ4v) is 3.17. The van der Waals surface area contributed by atoms with Crippen LogP contribution in [0.1, 0.15) is 44.7 Å². The Hall–Kier alpha value is -2.61. The Morgan fingerprint density at radius 3 is 2.55 bits per heavy atom. The highest BCUT2D eigenvalue weighted by molar-refractivity contribution is 9.10. The number of nitrogens with zero attached hydrogens (tertiary/aromatic N) is 2. The van der Waals surface area contributed by atoms with Gasteiger partial charge in [-0.2, -0.15) is 0 Å². The number of nitro benzene ring substituents is 1. The quantitative estimate of drug-likeness (QED) is 0.234. The van der Waals surface area contributed by atoms with E-state index >= 15 is 0 Å². The zero-order valence-electron chi connectivity index (χ0n) is 18.4. The molecule has 0 aliphatic rings. The number of halogens is 1. The van der Waals surface area contributed by atoms with E-state index in [1.54, 1.807) is 17.0 Å². The number of benzene rings is 2. The standard InChI is InChI=1S/C23H29BrN2O5/c1-17-10-11-20(15-21(17)24)30-13-6-5-12-25(22(27)31-23(2,3)4)16-18-8-7-9-19(14-18)26(28)29/h7-11,14-15H,5-6,12-13,16H2,1-4H3. The van der Waals surface area contributed by atoms with Crippen molar-refractivity contribution < 1.29 is 19.2 Å². The molecule has 0 fully saturated rings. The lowest BCUT2D eigenvalue weighted by molar-refractivity contribution is -0.384. The SMILES string of the molecule is Cc1ccc(OCCCCN(Cc2cccc([N+](=O)[O-])c2)C(=O)OC(C)(C)C)cc1Br. The van der Waals surface area contributed by atoms with Gasteiger partial charge in [0.2, 0.25) is 0 Å². The van der Waals surface area contributed by atoms with Gasteiger partial charge in [0.1, 0.15) is 11.4 Å². The molecule has 1 amide bonds. The molecule has 31 heavy (non-hydrogen) atoms. The average Bonchev–Trinajstić information content (AvgIpc) is 2.68. The molecule has 0 aliphatic carbocycles. The second-order valence-corrected chi connectivity index (χ2v) is 9.15. The Morgan fingerprint density at radius 1 is 1.16 bits per heavy atom. The summed E-state index contributed by atoms with van der Waals surface area (Å²) in [6.45, 7) is 8.66. The molecule has 0 spiro atoms. The van der Waals surface area contributed by atoms with Crippen molar-refractivity contribution in [3.05, 3.63) is 68.2 Å². The van der Waals surface area contributed by atoms with Gasteiger partial charge in [0.25, 0.3) is 5.69 Å². The molecule has 0 unspecified atom stereocenters. The molecule has 0 aromatic heterocycles. The molecule has 8 heteroatoms. The van der Waals surface area contributed by atoms with Gasteiger partial charge in [0.05, 0.1) is 11.5 Å². The number of hydrogen-bond acceptors (Lipinski definition) is 5. The maximum absolute atomic E-state index is 12.7. The third-order valence-corrected chi connectivity index (χ3v) is 5.24. The monoisotopic (exact) mass is 492 g/mol. The first kappa shape index (κ1) is 24.7. The van der Waals surface area contributed by atoms with Crippen molar-refractivity contribution in [1.29, 1.82) is 0 Å². The number of ether oxygens (including phenoxy) is 2. The van der Waals surface area contributed by atoms with Gasteiger partial charge in [-0.1, -0.05) is 34.1 Å². The lowest BCUT2D eigenvalue weighted by Gasteiger charge is -2.27. The normalized spacial score (nSPS) is 11.1. The van der Waals surface area contributed by atoms with E-state index in [9.17, 15) is 14.9 Å². The second-order valence-electron chi connectivity index (χ2n) is 8.30. The Morgan fingerprint density at radius 2 is 1.90 bits per heavy atom. The van der Waals surface area contributed by atoms with E-state index in [4.69, 9.17) is 9.47 Å². The summed E-state index contributed by atoms with van der Waals surface area (Å²) < 4.78 is 12.3. The Bertz CT molecular complexity index is 911. The molecule has 0 saturated carbocycles. The highest BCUT2D eigenvalue weighted by Gasteiger charge is 2.22. The van der Waals surface area contributed by atoms with Gasteiger partial charge < -0.3 is 14.4 Å². The minimum absolute atomic E-state index is 0.000651. The maximum atomic E-state index is 12.7. The van der Waals surface area contributed by atoms with Crippen LogP contribution < -0.4 is 4.74 Å². The summed E-state index contributed by atoms with van der Waals surface area (Å²) in [5.74, 6) is 0.790. The van der Waals surface area contributed by atoms with Crippen molar-refractivity contribution >= 4 is 27.7 Å². The van der Waals surface area contributed by atoms with Gasteiger partial charge in [-0.25, -0.2) is 4.79 Å². The third-order valence-electron chi connectivity index (χ3n) is 4.38. The van der Waals surface area contributed by atoms with Crippen LogP contribution >= 0.6 is 15.9 Å². The van der Waals surface area contributed by atoms with Gasteiger partial charge in [0, 0.05) is 29.7 Å². The molecule has 0 saturated heterocycles. The molecule has 2 aromatic carbocycles. The minimum atomic E-state index is -0.625. The van der Waals surface area contributed by atoms with Crippen LogP contribution in [0.3, 0.4) is 0 Å². The van der Waals surface area contributed by atoms with E-state index in [1.165, 1.54) is 12.1 Å². The van der Waals surface area contributed by atoms with Gasteiger partial charge in [-0.05, 0) is 63.8 Å². The van der Waals surface area contributed by atoms with Crippen LogP contribution in [-0.2, 0) is 11.3 Å². The first-order valence-electron chi connectivity index (χ1n) is 10.2. The van der Waals surface area contributed by atoms with E-state index in [-0.39, 0.29) is 12.2 Å². The van der Waals surface area contributed by atoms with Crippen molar-refractivity contribution in [2.75, 3.05) is 13.2 Å². The van der Waals surface area contributed by atoms with Crippen LogP contribution in [0, 0.1) is 17.0 Å². The highest BCUT2D eigenvalue weighted by Crippen LogP contribution is 2.22. The van der Waals surface area contributed by atoms with Gasteiger partial charge in [0.15, 0.2) is 0 Å². The summed E-state index contributed by atoms with van der Waals surface area (Å²) in [6.07, 6.45) is 1.02. The molecule has 2 rings (SSSR count). The number of unbranched alkanes of at least 4 members (excludes halogenated alkanes) is 1. The summed E-state index contributed by atoms with van der Waals surface area (Å²) in [5.41, 5.74) is 1.20. The summed E-state index contributed by atoms with van der Waals surface area (Å²) in [6, 6.07) is 12.2. The lowest BCUT2D eigenvalue weighted by atomic mass is 10.2. The van der Waals surface area contributed by atoms with Crippen molar-refractivity contribution in [3.8, 4) is 5.75 Å². The number of carbonyl (C=O) groups excluding carboxylic acids is 1. The Kier molecular flexibility index (Phi) is 8.86. The van der Waals surface area contributed by atoms with Crippen molar-refractivity contribution in [2.24, 2.45) is 0 Å². The molecular formula is C23H29BrN2O5. The lowest BCUT2D eigenvalue weighted by Crippen LogP contribution is -2.37. The largest absolute Gasteiger partial charge is 0.494 e. The number of nitro groups is 1. The first-order valence-corrected chi connectivity index (χ1v) is 10.9. The number of amides is 1. The number of hydrogen-bond donors (Lipinski definition) is 0. The summed E-state index contributed by atoms with van der Waals surface area (Å²) >= 11 is 3.49. The molecule has 0 atom stereocenters. The highest BCUT2D eigenvalue weighted by atomic mass is 79.9. The summed E-state index contributed by atoms with van der Waals surface area (Å²) in [7, 11) is 0. The number of rotatable bonds is 9. The van der Waals surface area contributed by atoms with Gasteiger partial charge >= 0.3 is 6.09 Å². The van der Waals surface area contributed by atoms with Crippen molar-refractivity contribution in [2.45, 2.75) is 52.7 Å². The Labute approximate surface area is 191 Å². The maximum Gasteiger partial charge on any atom is 0.410 e. The predicted molar refractivity (Wildman–Crippen MR) is 123 cm³/mol. The molecule has 0 aliphatic heterocycles. The molecular weight excluding hydrogens is 464 g/mol. The third kappa shape index (κ3) is 8.57.